The van der Waals surface area contributed by atoms with Gasteiger partial charge in [-0.2, -0.15) is 0 Å². The lowest BCUT2D eigenvalue weighted by atomic mass is 10.1. The van der Waals surface area contributed by atoms with Gasteiger partial charge in [-0.1, -0.05) is 12.1 Å². The number of para-hydroxylation sites is 2. The molecular weight excluding hydrogens is 240 g/mol. The highest BCUT2D eigenvalue weighted by molar-refractivity contribution is 5.80. The van der Waals surface area contributed by atoms with E-state index in [9.17, 15) is 5.11 Å². The lowest BCUT2D eigenvalue weighted by Gasteiger charge is -2.20. The summed E-state index contributed by atoms with van der Waals surface area (Å²) in [5, 5.41) is 12.4. The summed E-state index contributed by atoms with van der Waals surface area (Å²) in [6, 6.07) is 7.88. The summed E-state index contributed by atoms with van der Waals surface area (Å²) in [6.45, 7) is 2.01. The van der Waals surface area contributed by atoms with E-state index in [1.807, 2.05) is 31.3 Å². The quantitative estimate of drug-likeness (QED) is 0.873. The second-order valence-electron chi connectivity index (χ2n) is 4.92. The van der Waals surface area contributed by atoms with Crippen LogP contribution in [0.15, 0.2) is 24.3 Å². The molecule has 0 radical (unpaired) electrons. The van der Waals surface area contributed by atoms with Gasteiger partial charge in [-0.3, -0.25) is 0 Å². The van der Waals surface area contributed by atoms with Crippen molar-refractivity contribution in [3.8, 4) is 0 Å². The molecule has 1 saturated heterocycles. The molecule has 0 spiro atoms. The van der Waals surface area contributed by atoms with Gasteiger partial charge in [0.05, 0.1) is 11.0 Å². The van der Waals surface area contributed by atoms with Crippen molar-refractivity contribution < 1.29 is 5.11 Å². The molecule has 1 aromatic carbocycles. The summed E-state index contributed by atoms with van der Waals surface area (Å²) in [7, 11) is 1.86. The minimum Gasteiger partial charge on any atom is -0.396 e. The third kappa shape index (κ3) is 2.21. The number of aliphatic hydroxyl groups is 1. The number of fused-ring (bicyclic) bond motifs is 1. The fourth-order valence-corrected chi connectivity index (χ4v) is 2.55. The fourth-order valence-electron chi connectivity index (χ4n) is 2.55. The number of aromatic nitrogens is 2. The van der Waals surface area contributed by atoms with Gasteiger partial charge in [0.25, 0.3) is 0 Å². The molecule has 0 aliphatic carbocycles. The average molecular weight is 258 g/mol. The van der Waals surface area contributed by atoms with Crippen molar-refractivity contribution >= 4 is 22.7 Å². The molecule has 0 saturated carbocycles. The van der Waals surface area contributed by atoms with Crippen LogP contribution in [0.3, 0.4) is 0 Å². The second kappa shape index (κ2) is 5.01. The number of hydrogen-bond donors (Lipinski definition) is 2. The van der Waals surface area contributed by atoms with Gasteiger partial charge in [-0.05, 0) is 18.6 Å². The van der Waals surface area contributed by atoms with Crippen LogP contribution in [0.5, 0.6) is 0 Å². The average Bonchev–Trinajstić information content (AvgIpc) is 2.94. The molecule has 19 heavy (non-hydrogen) atoms. The molecule has 1 atom stereocenters. The Morgan fingerprint density at radius 2 is 2.05 bits per heavy atom. The molecule has 0 unspecified atom stereocenters. The number of rotatable bonds is 3. The summed E-state index contributed by atoms with van der Waals surface area (Å²) >= 11 is 0. The first-order valence-corrected chi connectivity index (χ1v) is 6.62. The monoisotopic (exact) mass is 258 g/mol. The fraction of sp³-hybridized carbons (Fsp3) is 0.429. The molecule has 2 aromatic rings. The van der Waals surface area contributed by atoms with Crippen molar-refractivity contribution in [1.82, 2.24) is 9.97 Å². The van der Waals surface area contributed by atoms with E-state index in [1.165, 1.54) is 0 Å². The molecule has 2 N–H and O–H groups in total. The van der Waals surface area contributed by atoms with Gasteiger partial charge < -0.3 is 15.3 Å². The number of anilines is 2. The third-order valence-electron chi connectivity index (χ3n) is 3.63. The van der Waals surface area contributed by atoms with Crippen molar-refractivity contribution in [3.63, 3.8) is 0 Å². The Morgan fingerprint density at radius 3 is 2.68 bits per heavy atom. The van der Waals surface area contributed by atoms with Crippen LogP contribution in [0.1, 0.15) is 6.42 Å². The summed E-state index contributed by atoms with van der Waals surface area (Å²) in [4.78, 5) is 11.5. The standard InChI is InChI=1S/C14H18N4O/c1-15-13-14(18-7-6-10(8-18)9-19)17-12-5-3-2-4-11(12)16-13/h2-5,10,19H,6-9H2,1H3,(H,15,16)/t10-/m0/s1. The minimum absolute atomic E-state index is 0.242. The van der Waals surface area contributed by atoms with Gasteiger partial charge in [0.2, 0.25) is 0 Å². The lowest BCUT2D eigenvalue weighted by molar-refractivity contribution is 0.238. The molecule has 0 bridgehead atoms. The van der Waals surface area contributed by atoms with Crippen molar-refractivity contribution in [2.75, 3.05) is 37.0 Å². The highest BCUT2D eigenvalue weighted by Crippen LogP contribution is 2.29. The third-order valence-corrected chi connectivity index (χ3v) is 3.63. The molecule has 100 valence electrons. The molecule has 1 aliphatic rings. The van der Waals surface area contributed by atoms with Gasteiger partial charge in [-0.15, -0.1) is 0 Å². The number of nitrogens with zero attached hydrogens (tertiary/aromatic N) is 3. The smallest absolute Gasteiger partial charge is 0.172 e. The van der Waals surface area contributed by atoms with Crippen molar-refractivity contribution in [2.45, 2.75) is 6.42 Å². The molecule has 5 heteroatoms. The lowest BCUT2D eigenvalue weighted by Crippen LogP contribution is -2.23. The number of aliphatic hydroxyl groups excluding tert-OH is 1. The van der Waals surface area contributed by atoms with Crippen LogP contribution >= 0.6 is 0 Å². The van der Waals surface area contributed by atoms with E-state index in [4.69, 9.17) is 4.98 Å². The highest BCUT2D eigenvalue weighted by atomic mass is 16.3. The summed E-state index contributed by atoms with van der Waals surface area (Å²) in [5.74, 6) is 2.03. The van der Waals surface area contributed by atoms with E-state index < -0.39 is 0 Å². The Bertz CT molecular complexity index is 587. The highest BCUT2D eigenvalue weighted by Gasteiger charge is 2.25. The molecule has 0 amide bonds. The topological polar surface area (TPSA) is 61.3 Å². The van der Waals surface area contributed by atoms with Gasteiger partial charge in [-0.25, -0.2) is 9.97 Å². The minimum atomic E-state index is 0.242. The molecule has 1 aromatic heterocycles. The maximum absolute atomic E-state index is 9.25. The normalized spacial score (nSPS) is 19.1. The second-order valence-corrected chi connectivity index (χ2v) is 4.92. The molecular formula is C14H18N4O. The molecule has 1 aliphatic heterocycles. The Morgan fingerprint density at radius 1 is 1.32 bits per heavy atom. The van der Waals surface area contributed by atoms with E-state index in [1.54, 1.807) is 0 Å². The number of nitrogens with one attached hydrogen (secondary N) is 1. The molecule has 5 nitrogen and oxygen atoms in total. The van der Waals surface area contributed by atoms with Crippen LogP contribution in [-0.2, 0) is 0 Å². The first-order valence-electron chi connectivity index (χ1n) is 6.62. The molecule has 1 fully saturated rings. The first kappa shape index (κ1) is 12.2. The zero-order valence-electron chi connectivity index (χ0n) is 11.0. The van der Waals surface area contributed by atoms with Gasteiger partial charge in [0.1, 0.15) is 0 Å². The zero-order valence-corrected chi connectivity index (χ0v) is 11.0. The predicted molar refractivity (Wildman–Crippen MR) is 76.5 cm³/mol. The SMILES string of the molecule is CNc1nc2ccccc2nc1N1CC[C@H](CO)C1. The van der Waals surface area contributed by atoms with Crippen LogP contribution in [0, 0.1) is 5.92 Å². The number of hydrogen-bond acceptors (Lipinski definition) is 5. The van der Waals surface area contributed by atoms with E-state index in [-0.39, 0.29) is 6.61 Å². The van der Waals surface area contributed by atoms with Crippen molar-refractivity contribution in [3.05, 3.63) is 24.3 Å². The summed E-state index contributed by atoms with van der Waals surface area (Å²) in [6.07, 6.45) is 1.01. The maximum Gasteiger partial charge on any atom is 0.172 e. The van der Waals surface area contributed by atoms with Gasteiger partial charge in [0.15, 0.2) is 11.6 Å². The Hall–Kier alpha value is -1.88. The number of benzene rings is 1. The molecule has 3 rings (SSSR count). The first-order chi connectivity index (χ1) is 9.31. The van der Waals surface area contributed by atoms with Gasteiger partial charge in [0, 0.05) is 32.7 Å². The van der Waals surface area contributed by atoms with Crippen LogP contribution in [0.2, 0.25) is 0 Å². The largest absolute Gasteiger partial charge is 0.396 e. The summed E-state index contributed by atoms with van der Waals surface area (Å²) in [5.41, 5.74) is 1.80. The van der Waals surface area contributed by atoms with E-state index in [0.29, 0.717) is 5.92 Å². The van der Waals surface area contributed by atoms with Crippen LogP contribution < -0.4 is 10.2 Å². The zero-order chi connectivity index (χ0) is 13.2. The Balaban J connectivity index is 2.02. The van der Waals surface area contributed by atoms with E-state index in [2.05, 4.69) is 15.2 Å². The van der Waals surface area contributed by atoms with Crippen LogP contribution in [0.25, 0.3) is 11.0 Å². The summed E-state index contributed by atoms with van der Waals surface area (Å²) < 4.78 is 0. The molecule has 2 heterocycles. The van der Waals surface area contributed by atoms with Crippen LogP contribution in [0.4, 0.5) is 11.6 Å². The van der Waals surface area contributed by atoms with Crippen LogP contribution in [-0.4, -0.2) is 41.8 Å². The Labute approximate surface area is 112 Å². The van der Waals surface area contributed by atoms with Crippen molar-refractivity contribution in [1.29, 1.82) is 0 Å². The van der Waals surface area contributed by atoms with Gasteiger partial charge >= 0.3 is 0 Å². The Kier molecular flexibility index (Phi) is 3.21. The van der Waals surface area contributed by atoms with E-state index >= 15 is 0 Å². The predicted octanol–water partition coefficient (Wildman–Crippen LogP) is 1.49. The maximum atomic E-state index is 9.25. The van der Waals surface area contributed by atoms with E-state index in [0.717, 1.165) is 42.2 Å². The van der Waals surface area contributed by atoms with Crippen molar-refractivity contribution in [2.24, 2.45) is 5.92 Å².